The highest BCUT2D eigenvalue weighted by Gasteiger charge is 2.09. The fourth-order valence-corrected chi connectivity index (χ4v) is 1.72. The van der Waals surface area contributed by atoms with Crippen molar-refractivity contribution in [3.8, 4) is 0 Å². The Kier molecular flexibility index (Phi) is 3.29. The Morgan fingerprint density at radius 3 is 2.75 bits per heavy atom. The summed E-state index contributed by atoms with van der Waals surface area (Å²) < 4.78 is 12.9. The minimum atomic E-state index is -0.416. The smallest absolute Gasteiger partial charge is 0.267 e. The highest BCUT2D eigenvalue weighted by Crippen LogP contribution is 2.14. The lowest BCUT2D eigenvalue weighted by molar-refractivity contribution is 0.0954. The van der Waals surface area contributed by atoms with Crippen LogP contribution >= 0.6 is 0 Å². The first-order chi connectivity index (χ1) is 7.75. The van der Waals surface area contributed by atoms with Gasteiger partial charge in [0.05, 0.1) is 0 Å². The Balaban J connectivity index is 2.00. The fraction of sp³-hybridized carbons (Fsp3) is 0.333. The first-order valence-electron chi connectivity index (χ1n) is 5.37. The first kappa shape index (κ1) is 10.8. The Labute approximate surface area is 93.4 Å². The van der Waals surface area contributed by atoms with Gasteiger partial charge in [-0.05, 0) is 43.9 Å². The highest BCUT2D eigenvalue weighted by atomic mass is 19.1. The van der Waals surface area contributed by atoms with E-state index in [1.165, 1.54) is 18.2 Å². The minimum Gasteiger partial charge on any atom is -0.267 e. The van der Waals surface area contributed by atoms with Gasteiger partial charge in [0, 0.05) is 11.3 Å². The molecule has 4 heteroatoms. The number of nitrogens with zero attached hydrogens (tertiary/aromatic N) is 1. The van der Waals surface area contributed by atoms with Crippen molar-refractivity contribution < 1.29 is 9.18 Å². The van der Waals surface area contributed by atoms with Gasteiger partial charge in [0.15, 0.2) is 0 Å². The molecule has 84 valence electrons. The number of rotatable bonds is 2. The molecule has 3 nitrogen and oxygen atoms in total. The normalized spacial score (nSPS) is 14.9. The molecule has 1 aromatic rings. The number of carbonyl (C=O) groups excluding carboxylic acids is 1. The molecular formula is C12H13FN2O. The van der Waals surface area contributed by atoms with Crippen molar-refractivity contribution in [2.75, 3.05) is 0 Å². The monoisotopic (exact) mass is 220 g/mol. The Bertz CT molecular complexity index is 421. The second-order valence-corrected chi connectivity index (χ2v) is 3.84. The van der Waals surface area contributed by atoms with Crippen LogP contribution in [0.5, 0.6) is 0 Å². The number of amides is 1. The first-order valence-corrected chi connectivity index (χ1v) is 5.37. The summed E-state index contributed by atoms with van der Waals surface area (Å²) in [5.74, 6) is -0.778. The molecule has 0 spiro atoms. The van der Waals surface area contributed by atoms with Gasteiger partial charge >= 0.3 is 0 Å². The predicted octanol–water partition coefficient (Wildman–Crippen LogP) is 2.49. The molecule has 16 heavy (non-hydrogen) atoms. The molecule has 1 amide bonds. The molecule has 1 aliphatic carbocycles. The standard InChI is InChI=1S/C12H13FN2O/c13-10-5-3-4-9(8-10)12(16)15-14-11-6-1-2-7-11/h3-5,8H,1-2,6-7H2,(H,15,16). The van der Waals surface area contributed by atoms with Crippen LogP contribution in [0.15, 0.2) is 29.4 Å². The number of hydrogen-bond acceptors (Lipinski definition) is 2. The van der Waals surface area contributed by atoms with Crippen LogP contribution in [0.4, 0.5) is 4.39 Å². The van der Waals surface area contributed by atoms with Gasteiger partial charge in [-0.3, -0.25) is 4.79 Å². The lowest BCUT2D eigenvalue weighted by atomic mass is 10.2. The molecule has 0 bridgehead atoms. The molecule has 0 radical (unpaired) electrons. The Morgan fingerprint density at radius 2 is 2.06 bits per heavy atom. The van der Waals surface area contributed by atoms with E-state index in [-0.39, 0.29) is 5.91 Å². The van der Waals surface area contributed by atoms with Crippen molar-refractivity contribution in [3.63, 3.8) is 0 Å². The summed E-state index contributed by atoms with van der Waals surface area (Å²) in [7, 11) is 0. The second kappa shape index (κ2) is 4.88. The zero-order valence-corrected chi connectivity index (χ0v) is 8.87. The summed E-state index contributed by atoms with van der Waals surface area (Å²) in [5.41, 5.74) is 3.76. The van der Waals surface area contributed by atoms with Crippen molar-refractivity contribution in [3.05, 3.63) is 35.6 Å². The van der Waals surface area contributed by atoms with Gasteiger partial charge in [-0.1, -0.05) is 6.07 Å². The van der Waals surface area contributed by atoms with Crippen LogP contribution in [-0.2, 0) is 0 Å². The topological polar surface area (TPSA) is 41.5 Å². The van der Waals surface area contributed by atoms with E-state index < -0.39 is 5.82 Å². The number of halogens is 1. The van der Waals surface area contributed by atoms with Crippen molar-refractivity contribution in [1.82, 2.24) is 5.43 Å². The number of carbonyl (C=O) groups is 1. The summed E-state index contributed by atoms with van der Waals surface area (Å²) >= 11 is 0. The van der Waals surface area contributed by atoms with E-state index in [1.54, 1.807) is 6.07 Å². The third kappa shape index (κ3) is 2.66. The van der Waals surface area contributed by atoms with Crippen molar-refractivity contribution >= 4 is 11.6 Å². The maximum absolute atomic E-state index is 12.9. The quantitative estimate of drug-likeness (QED) is 0.764. The fourth-order valence-electron chi connectivity index (χ4n) is 1.72. The Hall–Kier alpha value is -1.71. The molecule has 1 saturated carbocycles. The molecule has 0 saturated heterocycles. The van der Waals surface area contributed by atoms with E-state index in [9.17, 15) is 9.18 Å². The molecule has 0 aromatic heterocycles. The summed E-state index contributed by atoms with van der Waals surface area (Å²) in [6.07, 6.45) is 4.16. The van der Waals surface area contributed by atoms with Crippen molar-refractivity contribution in [1.29, 1.82) is 0 Å². The maximum atomic E-state index is 12.9. The summed E-state index contributed by atoms with van der Waals surface area (Å²) in [6.45, 7) is 0. The van der Waals surface area contributed by atoms with Crippen LogP contribution in [-0.4, -0.2) is 11.6 Å². The SMILES string of the molecule is O=C(NN=C1CCCC1)c1cccc(F)c1. The summed E-state index contributed by atoms with van der Waals surface area (Å²) in [4.78, 5) is 11.6. The van der Waals surface area contributed by atoms with Gasteiger partial charge in [-0.15, -0.1) is 0 Å². The van der Waals surface area contributed by atoms with Gasteiger partial charge in [-0.2, -0.15) is 5.10 Å². The van der Waals surface area contributed by atoms with E-state index in [0.717, 1.165) is 31.4 Å². The third-order valence-corrected chi connectivity index (χ3v) is 2.58. The van der Waals surface area contributed by atoms with E-state index in [4.69, 9.17) is 0 Å². The molecular weight excluding hydrogens is 207 g/mol. The average molecular weight is 220 g/mol. The molecule has 1 aliphatic rings. The molecule has 2 rings (SSSR count). The predicted molar refractivity (Wildman–Crippen MR) is 59.8 cm³/mol. The van der Waals surface area contributed by atoms with E-state index in [2.05, 4.69) is 10.5 Å². The van der Waals surface area contributed by atoms with Gasteiger partial charge in [0.25, 0.3) is 5.91 Å². The largest absolute Gasteiger partial charge is 0.271 e. The van der Waals surface area contributed by atoms with Gasteiger partial charge < -0.3 is 0 Å². The van der Waals surface area contributed by atoms with Crippen molar-refractivity contribution in [2.24, 2.45) is 5.10 Å². The number of nitrogens with one attached hydrogen (secondary N) is 1. The molecule has 0 atom stereocenters. The van der Waals surface area contributed by atoms with Gasteiger partial charge in [0.2, 0.25) is 0 Å². The number of hydrazone groups is 1. The zero-order chi connectivity index (χ0) is 11.4. The zero-order valence-electron chi connectivity index (χ0n) is 8.87. The van der Waals surface area contributed by atoms with E-state index in [1.807, 2.05) is 0 Å². The van der Waals surface area contributed by atoms with Crippen molar-refractivity contribution in [2.45, 2.75) is 25.7 Å². The van der Waals surface area contributed by atoms with Crippen LogP contribution in [0.3, 0.4) is 0 Å². The average Bonchev–Trinajstić information content (AvgIpc) is 2.78. The summed E-state index contributed by atoms with van der Waals surface area (Å²) in [6, 6.07) is 5.57. The summed E-state index contributed by atoms with van der Waals surface area (Å²) in [5, 5.41) is 4.02. The molecule has 1 N–H and O–H groups in total. The molecule has 1 aromatic carbocycles. The number of hydrogen-bond donors (Lipinski definition) is 1. The van der Waals surface area contributed by atoms with Gasteiger partial charge in [-0.25, -0.2) is 9.82 Å². The Morgan fingerprint density at radius 1 is 1.31 bits per heavy atom. The van der Waals surface area contributed by atoms with Crippen LogP contribution in [0, 0.1) is 5.82 Å². The van der Waals surface area contributed by atoms with Gasteiger partial charge in [0.1, 0.15) is 5.82 Å². The lowest BCUT2D eigenvalue weighted by Crippen LogP contribution is -2.19. The van der Waals surface area contributed by atoms with Crippen LogP contribution in [0.1, 0.15) is 36.0 Å². The second-order valence-electron chi connectivity index (χ2n) is 3.84. The molecule has 0 aliphatic heterocycles. The maximum Gasteiger partial charge on any atom is 0.271 e. The number of benzene rings is 1. The minimum absolute atomic E-state index is 0.294. The van der Waals surface area contributed by atoms with Crippen LogP contribution in [0.25, 0.3) is 0 Å². The molecule has 0 unspecified atom stereocenters. The van der Waals surface area contributed by atoms with Crippen LogP contribution < -0.4 is 5.43 Å². The van der Waals surface area contributed by atoms with E-state index >= 15 is 0 Å². The lowest BCUT2D eigenvalue weighted by Gasteiger charge is -2.01. The van der Waals surface area contributed by atoms with Crippen LogP contribution in [0.2, 0.25) is 0 Å². The van der Waals surface area contributed by atoms with E-state index in [0.29, 0.717) is 5.56 Å². The highest BCUT2D eigenvalue weighted by molar-refractivity contribution is 5.95. The molecule has 0 heterocycles. The molecule has 1 fully saturated rings. The third-order valence-electron chi connectivity index (χ3n) is 2.58.